The van der Waals surface area contributed by atoms with E-state index in [9.17, 15) is 9.18 Å². The predicted octanol–water partition coefficient (Wildman–Crippen LogP) is 4.76. The molecule has 0 aliphatic heterocycles. The van der Waals surface area contributed by atoms with E-state index in [2.05, 4.69) is 15.4 Å². The molecule has 1 N–H and O–H groups in total. The van der Waals surface area contributed by atoms with Crippen LogP contribution in [0.4, 0.5) is 4.39 Å². The van der Waals surface area contributed by atoms with Crippen molar-refractivity contribution in [1.82, 2.24) is 20.1 Å². The molecule has 6 nitrogen and oxygen atoms in total. The quantitative estimate of drug-likeness (QED) is 0.438. The lowest BCUT2D eigenvalue weighted by molar-refractivity contribution is -0.121. The van der Waals surface area contributed by atoms with Gasteiger partial charge < -0.3 is 10.1 Å². The van der Waals surface area contributed by atoms with Gasteiger partial charge in [-0.15, -0.1) is 0 Å². The number of aryl methyl sites for hydroxylation is 1. The average molecular weight is 430 g/mol. The van der Waals surface area contributed by atoms with Crippen LogP contribution in [-0.2, 0) is 17.8 Å². The van der Waals surface area contributed by atoms with Gasteiger partial charge in [-0.2, -0.15) is 5.10 Å². The van der Waals surface area contributed by atoms with E-state index in [1.54, 1.807) is 23.0 Å². The first-order valence-electron chi connectivity index (χ1n) is 10.3. The lowest BCUT2D eigenvalue weighted by atomic mass is 10.1. The van der Waals surface area contributed by atoms with Crippen LogP contribution in [0.1, 0.15) is 23.4 Å². The normalized spacial score (nSPS) is 10.7. The highest BCUT2D eigenvalue weighted by Crippen LogP contribution is 2.31. The Morgan fingerprint density at radius 3 is 2.50 bits per heavy atom. The maximum atomic E-state index is 13.3. The zero-order valence-electron chi connectivity index (χ0n) is 17.7. The highest BCUT2D eigenvalue weighted by Gasteiger charge is 2.20. The van der Waals surface area contributed by atoms with Crippen molar-refractivity contribution in [3.8, 4) is 17.3 Å². The number of amides is 1. The number of para-hydroxylation sites is 1. The number of rotatable bonds is 8. The summed E-state index contributed by atoms with van der Waals surface area (Å²) >= 11 is 0. The summed E-state index contributed by atoms with van der Waals surface area (Å²) < 4.78 is 21.2. The number of ether oxygens (including phenoxy) is 1. The molecule has 4 aromatic rings. The molecule has 0 atom stereocenters. The second-order valence-corrected chi connectivity index (χ2v) is 7.27. The van der Waals surface area contributed by atoms with Crippen LogP contribution in [0.2, 0.25) is 0 Å². The Morgan fingerprint density at radius 2 is 1.78 bits per heavy atom. The second kappa shape index (κ2) is 9.87. The zero-order valence-corrected chi connectivity index (χ0v) is 17.7. The van der Waals surface area contributed by atoms with E-state index < -0.39 is 0 Å². The van der Waals surface area contributed by atoms with Crippen LogP contribution in [0.15, 0.2) is 79.0 Å². The fraction of sp³-hybridized carbons (Fsp3) is 0.160. The first-order chi connectivity index (χ1) is 15.6. The van der Waals surface area contributed by atoms with Gasteiger partial charge in [0.15, 0.2) is 0 Å². The number of carbonyl (C=O) groups is 1. The summed E-state index contributed by atoms with van der Waals surface area (Å²) in [5, 5.41) is 7.53. The third-order valence-electron chi connectivity index (χ3n) is 4.96. The second-order valence-electron chi connectivity index (χ2n) is 7.27. The molecule has 0 aliphatic rings. The van der Waals surface area contributed by atoms with Crippen LogP contribution in [0.25, 0.3) is 5.69 Å². The van der Waals surface area contributed by atoms with Crippen molar-refractivity contribution < 1.29 is 13.9 Å². The average Bonchev–Trinajstić information content (AvgIpc) is 3.14. The maximum absolute atomic E-state index is 13.3. The first-order valence-corrected chi connectivity index (χ1v) is 10.3. The summed E-state index contributed by atoms with van der Waals surface area (Å²) in [5.74, 6) is 0.576. The molecule has 0 aliphatic carbocycles. The van der Waals surface area contributed by atoms with Gasteiger partial charge in [-0.05, 0) is 61.9 Å². The van der Waals surface area contributed by atoms with E-state index in [0.29, 0.717) is 24.6 Å². The Hall–Kier alpha value is -4.00. The summed E-state index contributed by atoms with van der Waals surface area (Å²) in [6.45, 7) is 2.26. The smallest absolute Gasteiger partial charge is 0.226 e. The van der Waals surface area contributed by atoms with Crippen molar-refractivity contribution in [2.45, 2.75) is 26.3 Å². The van der Waals surface area contributed by atoms with E-state index in [-0.39, 0.29) is 18.1 Å². The van der Waals surface area contributed by atoms with Crippen LogP contribution in [-0.4, -0.2) is 20.7 Å². The molecular weight excluding hydrogens is 407 g/mol. The number of nitrogens with one attached hydrogen (secondary N) is 1. The minimum Gasteiger partial charge on any atom is -0.439 e. The molecule has 0 bridgehead atoms. The summed E-state index contributed by atoms with van der Waals surface area (Å²) in [6.07, 6.45) is 2.42. The van der Waals surface area contributed by atoms with Crippen molar-refractivity contribution in [1.29, 1.82) is 0 Å². The molecule has 32 heavy (non-hydrogen) atoms. The lowest BCUT2D eigenvalue weighted by Gasteiger charge is -2.11. The van der Waals surface area contributed by atoms with Gasteiger partial charge in [0, 0.05) is 18.2 Å². The van der Waals surface area contributed by atoms with Gasteiger partial charge in [0.2, 0.25) is 11.8 Å². The van der Waals surface area contributed by atoms with Gasteiger partial charge in [-0.25, -0.2) is 9.07 Å². The molecule has 0 fully saturated rings. The number of halogens is 1. The van der Waals surface area contributed by atoms with Crippen molar-refractivity contribution >= 4 is 5.91 Å². The Balaban J connectivity index is 1.54. The zero-order chi connectivity index (χ0) is 22.3. The van der Waals surface area contributed by atoms with Gasteiger partial charge in [-0.3, -0.25) is 9.78 Å². The van der Waals surface area contributed by atoms with Gasteiger partial charge >= 0.3 is 0 Å². The van der Waals surface area contributed by atoms with E-state index in [4.69, 9.17) is 4.74 Å². The van der Waals surface area contributed by atoms with Crippen LogP contribution < -0.4 is 10.1 Å². The molecule has 2 heterocycles. The Labute approximate surface area is 185 Å². The van der Waals surface area contributed by atoms with Gasteiger partial charge in [0.05, 0.1) is 23.6 Å². The lowest BCUT2D eigenvalue weighted by Crippen LogP contribution is -2.23. The van der Waals surface area contributed by atoms with Crippen molar-refractivity contribution in [3.05, 3.63) is 102 Å². The molecule has 0 radical (unpaired) electrons. The number of carbonyl (C=O) groups excluding carboxylic acids is 1. The number of hydrogen-bond donors (Lipinski definition) is 1. The molecule has 0 unspecified atom stereocenters. The van der Waals surface area contributed by atoms with Gasteiger partial charge in [0.1, 0.15) is 11.6 Å². The molecule has 2 aromatic heterocycles. The molecule has 7 heteroatoms. The largest absolute Gasteiger partial charge is 0.439 e. The van der Waals surface area contributed by atoms with Crippen molar-refractivity contribution in [2.24, 2.45) is 0 Å². The summed E-state index contributed by atoms with van der Waals surface area (Å²) in [7, 11) is 0. The van der Waals surface area contributed by atoms with E-state index in [1.165, 1.54) is 12.1 Å². The fourth-order valence-electron chi connectivity index (χ4n) is 3.31. The monoisotopic (exact) mass is 430 g/mol. The van der Waals surface area contributed by atoms with Crippen LogP contribution in [0, 0.1) is 12.7 Å². The molecule has 4 rings (SSSR count). The van der Waals surface area contributed by atoms with Crippen LogP contribution >= 0.6 is 0 Å². The Kier molecular flexibility index (Phi) is 6.55. The third-order valence-corrected chi connectivity index (χ3v) is 4.96. The Morgan fingerprint density at radius 1 is 1.03 bits per heavy atom. The fourth-order valence-corrected chi connectivity index (χ4v) is 3.31. The molecule has 0 saturated carbocycles. The number of pyridine rings is 1. The minimum atomic E-state index is -0.338. The number of benzene rings is 2. The van der Waals surface area contributed by atoms with Crippen LogP contribution in [0.3, 0.4) is 0 Å². The SMILES string of the molecule is Cc1nn(-c2ccccc2)c(Oc2ccc(F)cc2)c1CCC(=O)NCc1ccccn1. The molecule has 1 amide bonds. The summed E-state index contributed by atoms with van der Waals surface area (Å²) in [5.41, 5.74) is 3.22. The maximum Gasteiger partial charge on any atom is 0.226 e. The van der Waals surface area contributed by atoms with E-state index >= 15 is 0 Å². The van der Waals surface area contributed by atoms with Crippen LogP contribution in [0.5, 0.6) is 11.6 Å². The van der Waals surface area contributed by atoms with E-state index in [0.717, 1.165) is 22.6 Å². The topological polar surface area (TPSA) is 69.0 Å². The molecule has 2 aromatic carbocycles. The number of nitrogens with zero attached hydrogens (tertiary/aromatic N) is 3. The third kappa shape index (κ3) is 5.18. The number of aromatic nitrogens is 3. The van der Waals surface area contributed by atoms with Gasteiger partial charge in [0.25, 0.3) is 0 Å². The molecule has 162 valence electrons. The summed E-state index contributed by atoms with van der Waals surface area (Å²) in [6, 6.07) is 21.0. The first kappa shape index (κ1) is 21.2. The van der Waals surface area contributed by atoms with Gasteiger partial charge in [-0.1, -0.05) is 24.3 Å². The molecule has 0 spiro atoms. The van der Waals surface area contributed by atoms with E-state index in [1.807, 2.05) is 55.5 Å². The molecular formula is C25H23FN4O2. The predicted molar refractivity (Wildman–Crippen MR) is 119 cm³/mol. The molecule has 0 saturated heterocycles. The standard InChI is InChI=1S/C25H23FN4O2/c1-18-23(14-15-24(31)28-17-20-7-5-6-16-27-20)25(32-22-12-10-19(26)11-13-22)30(29-18)21-8-3-2-4-9-21/h2-13,16H,14-15,17H2,1H3,(H,28,31). The minimum absolute atomic E-state index is 0.0877. The van der Waals surface area contributed by atoms with Crippen molar-refractivity contribution in [2.75, 3.05) is 0 Å². The highest BCUT2D eigenvalue weighted by atomic mass is 19.1. The van der Waals surface area contributed by atoms with Crippen molar-refractivity contribution in [3.63, 3.8) is 0 Å². The Bertz CT molecular complexity index is 1180. The summed E-state index contributed by atoms with van der Waals surface area (Å²) in [4.78, 5) is 16.6. The highest BCUT2D eigenvalue weighted by molar-refractivity contribution is 5.76. The number of hydrogen-bond acceptors (Lipinski definition) is 4.